The minimum Gasteiger partial charge on any atom is -0.468 e. The van der Waals surface area contributed by atoms with Gasteiger partial charge in [0.05, 0.1) is 11.7 Å². The van der Waals surface area contributed by atoms with Crippen molar-refractivity contribution >= 4 is 5.78 Å². The molecule has 1 aliphatic rings. The molecule has 0 amide bonds. The summed E-state index contributed by atoms with van der Waals surface area (Å²) in [4.78, 5) is 11.4. The lowest BCUT2D eigenvalue weighted by Crippen LogP contribution is -2.28. The number of ketones is 1. The molecule has 0 fully saturated rings. The van der Waals surface area contributed by atoms with Crippen molar-refractivity contribution in [3.05, 3.63) is 23.2 Å². The van der Waals surface area contributed by atoms with Gasteiger partial charge in [0.25, 0.3) is 0 Å². The van der Waals surface area contributed by atoms with Crippen molar-refractivity contribution < 1.29 is 14.3 Å². The van der Waals surface area contributed by atoms with E-state index in [2.05, 4.69) is 0 Å². The molecule has 1 atom stereocenters. The van der Waals surface area contributed by atoms with Crippen LogP contribution in [0.3, 0.4) is 0 Å². The fraction of sp³-hybridized carbons (Fsp3) is 0.583. The molecule has 82 valence electrons. The Labute approximate surface area is 89.1 Å². The zero-order chi connectivity index (χ0) is 11.2. The number of aliphatic hydroxyl groups is 1. The monoisotopic (exact) mass is 208 g/mol. The number of hydrogen-bond donors (Lipinski definition) is 1. The van der Waals surface area contributed by atoms with Gasteiger partial charge in [-0.3, -0.25) is 4.79 Å². The molecule has 0 aliphatic heterocycles. The third kappa shape index (κ3) is 1.51. The van der Waals surface area contributed by atoms with E-state index in [9.17, 15) is 9.90 Å². The molecule has 15 heavy (non-hydrogen) atoms. The molecule has 3 heteroatoms. The quantitative estimate of drug-likeness (QED) is 0.721. The van der Waals surface area contributed by atoms with Crippen LogP contribution >= 0.6 is 0 Å². The standard InChI is InChI=1S/C12H16O3/c1-7(13)8-6-15-9-4-5-12(2,3)11(14)10(8)9/h6,11,14H,4-5H2,1-3H3. The molecule has 3 nitrogen and oxygen atoms in total. The van der Waals surface area contributed by atoms with E-state index in [1.165, 1.54) is 13.2 Å². The molecule has 2 rings (SSSR count). The minimum absolute atomic E-state index is 0.0447. The zero-order valence-electron chi connectivity index (χ0n) is 9.33. The predicted molar refractivity (Wildman–Crippen MR) is 55.8 cm³/mol. The Kier molecular flexibility index (Phi) is 2.23. The number of Topliss-reactive ketones (excluding diaryl/α,β-unsaturated/α-hetero) is 1. The highest BCUT2D eigenvalue weighted by molar-refractivity contribution is 5.95. The van der Waals surface area contributed by atoms with Crippen molar-refractivity contribution in [2.75, 3.05) is 0 Å². The Hall–Kier alpha value is -1.09. The molecular formula is C12H16O3. The van der Waals surface area contributed by atoms with Crippen LogP contribution in [0.5, 0.6) is 0 Å². The van der Waals surface area contributed by atoms with Crippen LogP contribution in [0.2, 0.25) is 0 Å². The van der Waals surface area contributed by atoms with E-state index < -0.39 is 6.10 Å². The SMILES string of the molecule is CC(=O)c1coc2c1C(O)C(C)(C)CC2. The van der Waals surface area contributed by atoms with Crippen LogP contribution in [0.15, 0.2) is 10.7 Å². The van der Waals surface area contributed by atoms with Crippen LogP contribution in [-0.2, 0) is 6.42 Å². The molecule has 0 aromatic carbocycles. The number of fused-ring (bicyclic) bond motifs is 1. The first kappa shape index (κ1) is 10.4. The molecule has 0 saturated carbocycles. The summed E-state index contributed by atoms with van der Waals surface area (Å²) >= 11 is 0. The summed E-state index contributed by atoms with van der Waals surface area (Å²) in [5.74, 6) is 0.726. The average molecular weight is 208 g/mol. The number of aryl methyl sites for hydroxylation is 1. The van der Waals surface area contributed by atoms with Crippen molar-refractivity contribution in [3.8, 4) is 0 Å². The van der Waals surface area contributed by atoms with Gasteiger partial charge in [-0.15, -0.1) is 0 Å². The molecule has 1 heterocycles. The molecule has 0 radical (unpaired) electrons. The van der Waals surface area contributed by atoms with Gasteiger partial charge >= 0.3 is 0 Å². The van der Waals surface area contributed by atoms with Crippen molar-refractivity contribution in [1.29, 1.82) is 0 Å². The summed E-state index contributed by atoms with van der Waals surface area (Å²) in [5.41, 5.74) is 1.06. The highest BCUT2D eigenvalue weighted by Gasteiger charge is 2.38. The second-order valence-corrected chi connectivity index (χ2v) is 4.93. The van der Waals surface area contributed by atoms with Crippen molar-refractivity contribution in [2.45, 2.75) is 39.7 Å². The summed E-state index contributed by atoms with van der Waals surface area (Å²) in [7, 11) is 0. The summed E-state index contributed by atoms with van der Waals surface area (Å²) in [6, 6.07) is 0. The van der Waals surface area contributed by atoms with Gasteiger partial charge in [-0.1, -0.05) is 13.8 Å². The predicted octanol–water partition coefficient (Wildman–Crippen LogP) is 2.49. The smallest absolute Gasteiger partial charge is 0.163 e. The number of furan rings is 1. The van der Waals surface area contributed by atoms with Crippen molar-refractivity contribution in [3.63, 3.8) is 0 Å². The Morgan fingerprint density at radius 2 is 2.27 bits per heavy atom. The second kappa shape index (κ2) is 3.20. The van der Waals surface area contributed by atoms with E-state index in [1.54, 1.807) is 0 Å². The summed E-state index contributed by atoms with van der Waals surface area (Å²) < 4.78 is 5.33. The van der Waals surface area contributed by atoms with Gasteiger partial charge in [0.1, 0.15) is 12.0 Å². The van der Waals surface area contributed by atoms with E-state index in [1.807, 2.05) is 13.8 Å². The first-order valence-electron chi connectivity index (χ1n) is 5.23. The third-order valence-corrected chi connectivity index (χ3v) is 3.30. The zero-order valence-corrected chi connectivity index (χ0v) is 9.33. The van der Waals surface area contributed by atoms with Gasteiger partial charge in [0, 0.05) is 12.0 Å². The Balaban J connectivity index is 2.53. The fourth-order valence-corrected chi connectivity index (χ4v) is 2.14. The van der Waals surface area contributed by atoms with Crippen LogP contribution in [-0.4, -0.2) is 10.9 Å². The molecule has 1 N–H and O–H groups in total. The van der Waals surface area contributed by atoms with E-state index in [-0.39, 0.29) is 11.2 Å². The maximum absolute atomic E-state index is 11.4. The second-order valence-electron chi connectivity index (χ2n) is 4.93. The molecule has 0 bridgehead atoms. The largest absolute Gasteiger partial charge is 0.468 e. The average Bonchev–Trinajstić information content (AvgIpc) is 2.55. The summed E-state index contributed by atoms with van der Waals surface area (Å²) in [6.45, 7) is 5.52. The molecule has 1 aliphatic carbocycles. The first-order valence-corrected chi connectivity index (χ1v) is 5.23. The molecule has 0 saturated heterocycles. The topological polar surface area (TPSA) is 50.4 Å². The number of rotatable bonds is 1. The minimum atomic E-state index is -0.598. The lowest BCUT2D eigenvalue weighted by atomic mass is 9.73. The Morgan fingerprint density at radius 3 is 2.87 bits per heavy atom. The maximum Gasteiger partial charge on any atom is 0.163 e. The highest BCUT2D eigenvalue weighted by Crippen LogP contribution is 2.45. The molecule has 1 unspecified atom stereocenters. The summed E-state index contributed by atoms with van der Waals surface area (Å²) in [5, 5.41) is 10.2. The van der Waals surface area contributed by atoms with Crippen LogP contribution < -0.4 is 0 Å². The maximum atomic E-state index is 11.4. The summed E-state index contributed by atoms with van der Waals surface area (Å²) in [6.07, 6.45) is 2.55. The van der Waals surface area contributed by atoms with Gasteiger partial charge in [-0.2, -0.15) is 0 Å². The van der Waals surface area contributed by atoms with Gasteiger partial charge < -0.3 is 9.52 Å². The van der Waals surface area contributed by atoms with Crippen LogP contribution in [0.25, 0.3) is 0 Å². The van der Waals surface area contributed by atoms with E-state index >= 15 is 0 Å². The van der Waals surface area contributed by atoms with Crippen molar-refractivity contribution in [2.24, 2.45) is 5.41 Å². The number of carbonyl (C=O) groups is 1. The van der Waals surface area contributed by atoms with E-state index in [4.69, 9.17) is 4.42 Å². The number of hydrogen-bond acceptors (Lipinski definition) is 3. The lowest BCUT2D eigenvalue weighted by molar-refractivity contribution is 0.0301. The fourth-order valence-electron chi connectivity index (χ4n) is 2.14. The van der Waals surface area contributed by atoms with E-state index in [0.717, 1.165) is 18.6 Å². The number of carbonyl (C=O) groups excluding carboxylic acids is 1. The van der Waals surface area contributed by atoms with Crippen LogP contribution in [0.4, 0.5) is 0 Å². The lowest BCUT2D eigenvalue weighted by Gasteiger charge is -2.34. The molecule has 0 spiro atoms. The molecular weight excluding hydrogens is 192 g/mol. The Morgan fingerprint density at radius 1 is 1.60 bits per heavy atom. The number of aliphatic hydroxyl groups excluding tert-OH is 1. The van der Waals surface area contributed by atoms with Gasteiger partial charge in [0.2, 0.25) is 0 Å². The Bertz CT molecular complexity index is 401. The van der Waals surface area contributed by atoms with Gasteiger partial charge in [0.15, 0.2) is 5.78 Å². The van der Waals surface area contributed by atoms with Crippen LogP contribution in [0, 0.1) is 5.41 Å². The molecule has 1 aromatic rings. The normalized spacial score (nSPS) is 23.6. The first-order chi connectivity index (χ1) is 6.93. The van der Waals surface area contributed by atoms with Crippen molar-refractivity contribution in [1.82, 2.24) is 0 Å². The van der Waals surface area contributed by atoms with Gasteiger partial charge in [-0.05, 0) is 18.8 Å². The van der Waals surface area contributed by atoms with E-state index in [0.29, 0.717) is 11.1 Å². The highest BCUT2D eigenvalue weighted by atomic mass is 16.3. The molecule has 1 aromatic heterocycles. The third-order valence-electron chi connectivity index (χ3n) is 3.30. The van der Waals surface area contributed by atoms with Crippen LogP contribution in [0.1, 0.15) is 55.0 Å². The van der Waals surface area contributed by atoms with Gasteiger partial charge in [-0.25, -0.2) is 0 Å².